The van der Waals surface area contributed by atoms with E-state index in [1.807, 2.05) is 6.07 Å². The molecule has 1 aromatic rings. The molecular weight excluding hydrogens is 166 g/mol. The highest BCUT2D eigenvalue weighted by molar-refractivity contribution is 5.92. The Bertz CT molecular complexity index is 354. The third kappa shape index (κ3) is 2.56. The van der Waals surface area contributed by atoms with Crippen LogP contribution in [0.15, 0.2) is 18.2 Å². The second-order valence-corrected chi connectivity index (χ2v) is 2.51. The number of hydrogen-bond acceptors (Lipinski definition) is 3. The van der Waals surface area contributed by atoms with E-state index in [1.54, 1.807) is 25.1 Å². The van der Waals surface area contributed by atoms with Crippen molar-refractivity contribution in [3.63, 3.8) is 0 Å². The summed E-state index contributed by atoms with van der Waals surface area (Å²) in [5.74, 6) is -0.315. The molecule has 0 fully saturated rings. The lowest BCUT2D eigenvalue weighted by Crippen LogP contribution is -2.24. The molecule has 1 aromatic heterocycles. The number of pyridine rings is 1. The van der Waals surface area contributed by atoms with Gasteiger partial charge in [0.15, 0.2) is 0 Å². The van der Waals surface area contributed by atoms with Crippen molar-refractivity contribution in [2.45, 2.75) is 6.92 Å². The number of carbonyl (C=O) groups excluding carboxylic acids is 1. The van der Waals surface area contributed by atoms with Crippen LogP contribution in [0.5, 0.6) is 0 Å². The molecule has 1 rings (SSSR count). The molecule has 0 bridgehead atoms. The first-order valence-electron chi connectivity index (χ1n) is 3.83. The number of nitrogens with one attached hydrogen (secondary N) is 1. The fourth-order valence-corrected chi connectivity index (χ4v) is 0.880. The maximum Gasteiger partial charge on any atom is 0.270 e. The summed E-state index contributed by atoms with van der Waals surface area (Å²) < 4.78 is 0. The highest BCUT2D eigenvalue weighted by Gasteiger charge is 2.04. The van der Waals surface area contributed by atoms with Crippen LogP contribution in [0.2, 0.25) is 0 Å². The van der Waals surface area contributed by atoms with Crippen LogP contribution in [-0.4, -0.2) is 17.4 Å². The molecule has 0 spiro atoms. The van der Waals surface area contributed by atoms with Crippen LogP contribution in [0, 0.1) is 18.3 Å². The molecule has 0 radical (unpaired) electrons. The number of nitriles is 1. The summed E-state index contributed by atoms with van der Waals surface area (Å²) in [7, 11) is 0. The van der Waals surface area contributed by atoms with Crippen molar-refractivity contribution in [1.82, 2.24) is 10.3 Å². The first-order chi connectivity index (χ1) is 6.24. The van der Waals surface area contributed by atoms with Gasteiger partial charge in [0.05, 0.1) is 6.07 Å². The molecule has 0 atom stereocenters. The van der Waals surface area contributed by atoms with Gasteiger partial charge >= 0.3 is 0 Å². The summed E-state index contributed by atoms with van der Waals surface area (Å²) in [6.07, 6.45) is 0. The summed E-state index contributed by atoms with van der Waals surface area (Å²) >= 11 is 0. The van der Waals surface area contributed by atoms with Gasteiger partial charge in [-0.15, -0.1) is 0 Å². The van der Waals surface area contributed by atoms with Crippen molar-refractivity contribution >= 4 is 5.91 Å². The van der Waals surface area contributed by atoms with E-state index < -0.39 is 0 Å². The second kappa shape index (κ2) is 4.21. The molecule has 0 aliphatic carbocycles. The molecule has 0 saturated carbocycles. The maximum atomic E-state index is 11.2. The van der Waals surface area contributed by atoms with Gasteiger partial charge in [0, 0.05) is 5.69 Å². The van der Waals surface area contributed by atoms with Crippen molar-refractivity contribution in [3.8, 4) is 6.07 Å². The zero-order valence-corrected chi connectivity index (χ0v) is 7.24. The van der Waals surface area contributed by atoms with Crippen LogP contribution in [-0.2, 0) is 0 Å². The lowest BCUT2D eigenvalue weighted by molar-refractivity contribution is 0.0953. The van der Waals surface area contributed by atoms with Crippen LogP contribution in [0.4, 0.5) is 0 Å². The highest BCUT2D eigenvalue weighted by atomic mass is 16.1. The lowest BCUT2D eigenvalue weighted by Gasteiger charge is -2.00. The molecule has 13 heavy (non-hydrogen) atoms. The smallest absolute Gasteiger partial charge is 0.270 e. The van der Waals surface area contributed by atoms with Gasteiger partial charge in [-0.2, -0.15) is 5.26 Å². The average Bonchev–Trinajstić information content (AvgIpc) is 2.14. The van der Waals surface area contributed by atoms with Crippen LogP contribution in [0.1, 0.15) is 16.2 Å². The predicted molar refractivity (Wildman–Crippen MR) is 46.9 cm³/mol. The molecule has 66 valence electrons. The number of amides is 1. The fraction of sp³-hybridized carbons (Fsp3) is 0.222. The third-order valence-electron chi connectivity index (χ3n) is 1.45. The molecule has 0 aliphatic rings. The van der Waals surface area contributed by atoms with Crippen LogP contribution >= 0.6 is 0 Å². The monoisotopic (exact) mass is 175 g/mol. The van der Waals surface area contributed by atoms with E-state index in [0.717, 1.165) is 5.69 Å². The normalized spacial score (nSPS) is 8.92. The van der Waals surface area contributed by atoms with Gasteiger partial charge < -0.3 is 5.32 Å². The van der Waals surface area contributed by atoms with Crippen molar-refractivity contribution in [1.29, 1.82) is 5.26 Å². The zero-order valence-electron chi connectivity index (χ0n) is 7.24. The number of aryl methyl sites for hydroxylation is 1. The van der Waals surface area contributed by atoms with Crippen molar-refractivity contribution in [2.24, 2.45) is 0 Å². The van der Waals surface area contributed by atoms with Crippen molar-refractivity contribution in [3.05, 3.63) is 29.6 Å². The number of nitrogens with zero attached hydrogens (tertiary/aromatic N) is 2. The molecule has 1 heterocycles. The van der Waals surface area contributed by atoms with Gasteiger partial charge in [0.25, 0.3) is 5.91 Å². The summed E-state index contributed by atoms with van der Waals surface area (Å²) in [6.45, 7) is 1.82. The van der Waals surface area contributed by atoms with Gasteiger partial charge in [-0.05, 0) is 19.1 Å². The first-order valence-corrected chi connectivity index (χ1v) is 3.83. The van der Waals surface area contributed by atoms with Crippen molar-refractivity contribution < 1.29 is 4.79 Å². The molecule has 0 aliphatic heterocycles. The SMILES string of the molecule is Cc1cccc(C(=O)NCC#N)n1. The molecule has 0 saturated heterocycles. The van der Waals surface area contributed by atoms with E-state index in [1.165, 1.54) is 0 Å². The van der Waals surface area contributed by atoms with Crippen LogP contribution < -0.4 is 5.32 Å². The molecule has 0 aromatic carbocycles. The highest BCUT2D eigenvalue weighted by Crippen LogP contribution is 1.97. The van der Waals surface area contributed by atoms with Crippen LogP contribution in [0.25, 0.3) is 0 Å². The fourth-order valence-electron chi connectivity index (χ4n) is 0.880. The lowest BCUT2D eigenvalue weighted by atomic mass is 10.3. The maximum absolute atomic E-state index is 11.2. The van der Waals surface area contributed by atoms with Crippen LogP contribution in [0.3, 0.4) is 0 Å². The summed E-state index contributed by atoms with van der Waals surface area (Å²) in [6, 6.07) is 6.99. The van der Waals surface area contributed by atoms with E-state index in [4.69, 9.17) is 5.26 Å². The standard InChI is InChI=1S/C9H9N3O/c1-7-3-2-4-8(12-7)9(13)11-6-5-10/h2-4H,6H2,1H3,(H,11,13). The van der Waals surface area contributed by atoms with Gasteiger partial charge in [-0.1, -0.05) is 6.07 Å². The Morgan fingerprint density at radius 1 is 1.69 bits per heavy atom. The van der Waals surface area contributed by atoms with E-state index in [0.29, 0.717) is 5.69 Å². The molecule has 1 amide bonds. The van der Waals surface area contributed by atoms with Gasteiger partial charge in [0.1, 0.15) is 12.2 Å². The Kier molecular flexibility index (Phi) is 2.98. The molecule has 4 heteroatoms. The number of aromatic nitrogens is 1. The largest absolute Gasteiger partial charge is 0.338 e. The summed E-state index contributed by atoms with van der Waals surface area (Å²) in [5.41, 5.74) is 1.12. The number of carbonyl (C=O) groups is 1. The predicted octanol–water partition coefficient (Wildman–Crippen LogP) is 0.643. The summed E-state index contributed by atoms with van der Waals surface area (Å²) in [5, 5.41) is 10.6. The van der Waals surface area contributed by atoms with Gasteiger partial charge in [-0.3, -0.25) is 4.79 Å². The third-order valence-corrected chi connectivity index (χ3v) is 1.45. The Hall–Kier alpha value is -1.89. The topological polar surface area (TPSA) is 65.8 Å². The number of hydrogen-bond donors (Lipinski definition) is 1. The Morgan fingerprint density at radius 3 is 3.08 bits per heavy atom. The number of rotatable bonds is 2. The average molecular weight is 175 g/mol. The summed E-state index contributed by atoms with van der Waals surface area (Å²) in [4.78, 5) is 15.2. The van der Waals surface area contributed by atoms with E-state index in [2.05, 4.69) is 10.3 Å². The van der Waals surface area contributed by atoms with Gasteiger partial charge in [-0.25, -0.2) is 4.98 Å². The van der Waals surface area contributed by atoms with E-state index >= 15 is 0 Å². The molecule has 1 N–H and O–H groups in total. The van der Waals surface area contributed by atoms with Crippen molar-refractivity contribution in [2.75, 3.05) is 6.54 Å². The quantitative estimate of drug-likeness (QED) is 0.671. The Morgan fingerprint density at radius 2 is 2.46 bits per heavy atom. The minimum atomic E-state index is -0.315. The van der Waals surface area contributed by atoms with Gasteiger partial charge in [0.2, 0.25) is 0 Å². The second-order valence-electron chi connectivity index (χ2n) is 2.51. The molecular formula is C9H9N3O. The van der Waals surface area contributed by atoms with E-state index in [9.17, 15) is 4.79 Å². The molecule has 0 unspecified atom stereocenters. The Labute approximate surface area is 76.2 Å². The minimum absolute atomic E-state index is 0.00839. The zero-order chi connectivity index (χ0) is 9.68. The Balaban J connectivity index is 2.72. The van der Waals surface area contributed by atoms with E-state index in [-0.39, 0.29) is 12.5 Å². The first kappa shape index (κ1) is 9.20. The minimum Gasteiger partial charge on any atom is -0.338 e. The molecule has 4 nitrogen and oxygen atoms in total.